The number of hydrogen-bond donors (Lipinski definition) is 1. The van der Waals surface area contributed by atoms with Crippen LogP contribution in [0.5, 0.6) is 5.75 Å². The predicted octanol–water partition coefficient (Wildman–Crippen LogP) is 2.10. The number of fused-ring (bicyclic) bond motifs is 1. The molecule has 0 radical (unpaired) electrons. The fourth-order valence-corrected chi connectivity index (χ4v) is 2.49. The number of rotatable bonds is 6. The van der Waals surface area contributed by atoms with E-state index in [2.05, 4.69) is 24.0 Å². The fourth-order valence-electron chi connectivity index (χ4n) is 2.49. The maximum atomic E-state index is 10.5. The summed E-state index contributed by atoms with van der Waals surface area (Å²) in [4.78, 5) is 12.6. The number of likely N-dealkylation sites (N-methyl/N-ethyl adjacent to an activating group) is 1. The van der Waals surface area contributed by atoms with Crippen LogP contribution in [0.15, 0.2) is 18.2 Å². The summed E-state index contributed by atoms with van der Waals surface area (Å²) in [6, 6.07) is 6.28. The Labute approximate surface area is 114 Å². The van der Waals surface area contributed by atoms with Gasteiger partial charge in [-0.1, -0.05) is 17.7 Å². The molecule has 4 nitrogen and oxygen atoms in total. The molecule has 4 heteroatoms. The second kappa shape index (κ2) is 6.06. The second-order valence-electron chi connectivity index (χ2n) is 5.31. The van der Waals surface area contributed by atoms with Gasteiger partial charge in [-0.05, 0) is 38.6 Å². The summed E-state index contributed by atoms with van der Waals surface area (Å²) in [6.45, 7) is 3.72. The van der Waals surface area contributed by atoms with Gasteiger partial charge in [0.2, 0.25) is 0 Å². The van der Waals surface area contributed by atoms with Crippen molar-refractivity contribution in [3.05, 3.63) is 29.3 Å². The summed E-state index contributed by atoms with van der Waals surface area (Å²) >= 11 is 0. The number of hydrogen-bond acceptors (Lipinski definition) is 3. The fraction of sp³-hybridized carbons (Fsp3) is 0.533. The number of carboxylic acid groups (broad SMARTS) is 1. The summed E-state index contributed by atoms with van der Waals surface area (Å²) in [5, 5.41) is 8.61. The van der Waals surface area contributed by atoms with Crippen molar-refractivity contribution in [2.24, 2.45) is 0 Å². The third-order valence-electron chi connectivity index (χ3n) is 3.40. The van der Waals surface area contributed by atoms with Gasteiger partial charge in [-0.2, -0.15) is 0 Å². The number of aryl methyl sites for hydroxylation is 1. The van der Waals surface area contributed by atoms with E-state index >= 15 is 0 Å². The largest absolute Gasteiger partial charge is 0.488 e. The van der Waals surface area contributed by atoms with Crippen LogP contribution in [0.1, 0.15) is 24.0 Å². The van der Waals surface area contributed by atoms with E-state index in [0.717, 1.165) is 25.3 Å². The Kier molecular flexibility index (Phi) is 4.43. The molecule has 0 aromatic heterocycles. The van der Waals surface area contributed by atoms with Gasteiger partial charge in [0.1, 0.15) is 11.9 Å². The number of aliphatic carboxylic acids is 1. The number of carbonyl (C=O) groups is 1. The molecule has 0 fully saturated rings. The predicted molar refractivity (Wildman–Crippen MR) is 73.7 cm³/mol. The van der Waals surface area contributed by atoms with Gasteiger partial charge in [0.15, 0.2) is 0 Å². The molecular formula is C15H21NO3. The summed E-state index contributed by atoms with van der Waals surface area (Å²) in [5.74, 6) is 0.267. The minimum absolute atomic E-state index is 0.187. The zero-order chi connectivity index (χ0) is 13.8. The lowest BCUT2D eigenvalue weighted by Crippen LogP contribution is -2.32. The second-order valence-corrected chi connectivity index (χ2v) is 5.31. The molecule has 1 heterocycles. The van der Waals surface area contributed by atoms with Crippen molar-refractivity contribution in [2.75, 3.05) is 20.1 Å². The monoisotopic (exact) mass is 263 g/mol. The molecule has 0 aliphatic carbocycles. The van der Waals surface area contributed by atoms with Gasteiger partial charge in [0, 0.05) is 19.4 Å². The molecule has 0 saturated heterocycles. The Balaban J connectivity index is 1.78. The highest BCUT2D eigenvalue weighted by Gasteiger charge is 2.23. The zero-order valence-electron chi connectivity index (χ0n) is 11.6. The van der Waals surface area contributed by atoms with Crippen LogP contribution in [0.4, 0.5) is 0 Å². The lowest BCUT2D eigenvalue weighted by atomic mass is 10.1. The highest BCUT2D eigenvalue weighted by molar-refractivity contribution is 5.66. The number of carboxylic acids is 1. The number of nitrogens with zero attached hydrogens (tertiary/aromatic N) is 1. The minimum atomic E-state index is -0.728. The lowest BCUT2D eigenvalue weighted by molar-refractivity contribution is -0.137. The van der Waals surface area contributed by atoms with Crippen molar-refractivity contribution in [1.29, 1.82) is 0 Å². The van der Waals surface area contributed by atoms with Crippen LogP contribution in [-0.2, 0) is 11.2 Å². The van der Waals surface area contributed by atoms with Gasteiger partial charge in [-0.15, -0.1) is 0 Å². The van der Waals surface area contributed by atoms with E-state index in [1.165, 1.54) is 11.1 Å². The molecule has 1 aliphatic heterocycles. The first-order valence-electron chi connectivity index (χ1n) is 6.71. The van der Waals surface area contributed by atoms with Gasteiger partial charge in [0.25, 0.3) is 0 Å². The van der Waals surface area contributed by atoms with E-state index in [-0.39, 0.29) is 12.5 Å². The van der Waals surface area contributed by atoms with E-state index in [1.54, 1.807) is 0 Å². The summed E-state index contributed by atoms with van der Waals surface area (Å²) in [5.41, 5.74) is 2.54. The molecule has 1 aliphatic rings. The Morgan fingerprint density at radius 3 is 3.05 bits per heavy atom. The Bertz CT molecular complexity index is 459. The first-order chi connectivity index (χ1) is 9.04. The van der Waals surface area contributed by atoms with Crippen molar-refractivity contribution < 1.29 is 14.6 Å². The molecular weight excluding hydrogens is 242 g/mol. The van der Waals surface area contributed by atoms with Gasteiger partial charge in [-0.25, -0.2) is 0 Å². The van der Waals surface area contributed by atoms with E-state index in [0.29, 0.717) is 6.42 Å². The van der Waals surface area contributed by atoms with Crippen LogP contribution in [0, 0.1) is 6.92 Å². The quantitative estimate of drug-likeness (QED) is 0.854. The molecule has 2 rings (SSSR count). The summed E-state index contributed by atoms with van der Waals surface area (Å²) < 4.78 is 5.90. The van der Waals surface area contributed by atoms with Gasteiger partial charge in [-0.3, -0.25) is 4.79 Å². The van der Waals surface area contributed by atoms with E-state index in [1.807, 2.05) is 13.1 Å². The van der Waals surface area contributed by atoms with Crippen LogP contribution in [0.2, 0.25) is 0 Å². The molecule has 104 valence electrons. The van der Waals surface area contributed by atoms with Crippen LogP contribution >= 0.6 is 0 Å². The Morgan fingerprint density at radius 2 is 2.32 bits per heavy atom. The third-order valence-corrected chi connectivity index (χ3v) is 3.40. The molecule has 1 atom stereocenters. The van der Waals surface area contributed by atoms with Crippen LogP contribution in [0.3, 0.4) is 0 Å². The maximum Gasteiger partial charge on any atom is 0.303 e. The molecule has 1 unspecified atom stereocenters. The maximum absolute atomic E-state index is 10.5. The van der Waals surface area contributed by atoms with Gasteiger partial charge >= 0.3 is 5.97 Å². The first kappa shape index (κ1) is 13.9. The first-order valence-corrected chi connectivity index (χ1v) is 6.71. The van der Waals surface area contributed by atoms with Crippen LogP contribution in [-0.4, -0.2) is 42.2 Å². The standard InChI is InChI=1S/C15H21NO3/c1-11-5-6-14-12(8-11)9-13(19-14)10-16(2)7-3-4-15(17)18/h5-6,8,13H,3-4,7,9-10H2,1-2H3,(H,17,18). The Hall–Kier alpha value is -1.55. The average Bonchev–Trinajstić information content (AvgIpc) is 2.69. The lowest BCUT2D eigenvalue weighted by Gasteiger charge is -2.20. The Morgan fingerprint density at radius 1 is 1.53 bits per heavy atom. The summed E-state index contributed by atoms with van der Waals surface area (Å²) in [7, 11) is 2.01. The van der Waals surface area contributed by atoms with Gasteiger partial charge < -0.3 is 14.7 Å². The molecule has 0 bridgehead atoms. The zero-order valence-corrected chi connectivity index (χ0v) is 11.6. The molecule has 1 N–H and O–H groups in total. The van der Waals surface area contributed by atoms with E-state index < -0.39 is 5.97 Å². The molecule has 0 amide bonds. The van der Waals surface area contributed by atoms with Crippen molar-refractivity contribution in [3.63, 3.8) is 0 Å². The normalized spacial score (nSPS) is 17.3. The van der Waals surface area contributed by atoms with E-state index in [4.69, 9.17) is 9.84 Å². The molecule has 0 saturated carbocycles. The SMILES string of the molecule is Cc1ccc2c(c1)CC(CN(C)CCCC(=O)O)O2. The topological polar surface area (TPSA) is 49.8 Å². The highest BCUT2D eigenvalue weighted by Crippen LogP contribution is 2.29. The third kappa shape index (κ3) is 3.96. The number of ether oxygens (including phenoxy) is 1. The molecule has 19 heavy (non-hydrogen) atoms. The molecule has 0 spiro atoms. The van der Waals surface area contributed by atoms with Crippen LogP contribution < -0.4 is 4.74 Å². The minimum Gasteiger partial charge on any atom is -0.488 e. The average molecular weight is 263 g/mol. The van der Waals surface area contributed by atoms with E-state index in [9.17, 15) is 4.79 Å². The number of benzene rings is 1. The van der Waals surface area contributed by atoms with Gasteiger partial charge in [0.05, 0.1) is 0 Å². The highest BCUT2D eigenvalue weighted by atomic mass is 16.5. The van der Waals surface area contributed by atoms with Crippen LogP contribution in [0.25, 0.3) is 0 Å². The van der Waals surface area contributed by atoms with Crippen molar-refractivity contribution >= 4 is 5.97 Å². The molecule has 1 aromatic rings. The van der Waals surface area contributed by atoms with Crippen molar-refractivity contribution in [1.82, 2.24) is 4.90 Å². The van der Waals surface area contributed by atoms with Crippen molar-refractivity contribution in [2.45, 2.75) is 32.3 Å². The summed E-state index contributed by atoms with van der Waals surface area (Å²) in [6.07, 6.45) is 2.05. The smallest absolute Gasteiger partial charge is 0.303 e. The van der Waals surface area contributed by atoms with Crippen molar-refractivity contribution in [3.8, 4) is 5.75 Å². The molecule has 1 aromatic carbocycles.